The highest BCUT2D eigenvalue weighted by molar-refractivity contribution is 5.87. The van der Waals surface area contributed by atoms with Crippen LogP contribution in [0.15, 0.2) is 48.8 Å². The van der Waals surface area contributed by atoms with Gasteiger partial charge in [-0.05, 0) is 29.2 Å². The van der Waals surface area contributed by atoms with Crippen molar-refractivity contribution in [2.45, 2.75) is 31.8 Å². The van der Waals surface area contributed by atoms with Crippen molar-refractivity contribution in [3.05, 3.63) is 65.5 Å². The minimum Gasteiger partial charge on any atom is -0.368 e. The van der Waals surface area contributed by atoms with Crippen molar-refractivity contribution in [2.24, 2.45) is 5.73 Å². The van der Waals surface area contributed by atoms with Crippen LogP contribution in [0, 0.1) is 0 Å². The van der Waals surface area contributed by atoms with Gasteiger partial charge in [-0.1, -0.05) is 30.3 Å². The molecule has 0 aliphatic carbocycles. The van der Waals surface area contributed by atoms with Crippen molar-refractivity contribution in [2.75, 3.05) is 0 Å². The Morgan fingerprint density at radius 3 is 2.65 bits per heavy atom. The van der Waals surface area contributed by atoms with Crippen LogP contribution in [0.3, 0.4) is 0 Å². The fourth-order valence-electron chi connectivity index (χ4n) is 2.98. The molecular formula is C18H19N3O2. The van der Waals surface area contributed by atoms with Gasteiger partial charge in [-0.3, -0.25) is 14.6 Å². The van der Waals surface area contributed by atoms with Gasteiger partial charge in [-0.25, -0.2) is 0 Å². The first-order chi connectivity index (χ1) is 11.1. The number of nitrogens with zero attached hydrogens (tertiary/aromatic N) is 2. The highest BCUT2D eigenvalue weighted by Gasteiger charge is 2.32. The molecule has 0 saturated heterocycles. The van der Waals surface area contributed by atoms with Gasteiger partial charge in [0, 0.05) is 31.8 Å². The number of carbonyl (C=O) groups is 2. The molecule has 118 valence electrons. The van der Waals surface area contributed by atoms with E-state index in [2.05, 4.69) is 4.98 Å². The maximum Gasteiger partial charge on any atom is 0.240 e. The number of aromatic nitrogens is 1. The highest BCUT2D eigenvalue weighted by atomic mass is 16.2. The predicted octanol–water partition coefficient (Wildman–Crippen LogP) is 1.45. The van der Waals surface area contributed by atoms with E-state index in [4.69, 9.17) is 5.73 Å². The lowest BCUT2D eigenvalue weighted by Crippen LogP contribution is -2.51. The molecule has 2 heterocycles. The molecule has 1 aromatic carbocycles. The summed E-state index contributed by atoms with van der Waals surface area (Å²) in [6.45, 7) is 0.440. The Morgan fingerprint density at radius 1 is 1.17 bits per heavy atom. The van der Waals surface area contributed by atoms with E-state index in [1.807, 2.05) is 36.4 Å². The van der Waals surface area contributed by atoms with Crippen LogP contribution in [0.4, 0.5) is 0 Å². The topological polar surface area (TPSA) is 76.3 Å². The van der Waals surface area contributed by atoms with Crippen LogP contribution in [0.2, 0.25) is 0 Å². The van der Waals surface area contributed by atoms with Gasteiger partial charge in [-0.2, -0.15) is 0 Å². The highest BCUT2D eigenvalue weighted by Crippen LogP contribution is 2.24. The summed E-state index contributed by atoms with van der Waals surface area (Å²) >= 11 is 0. The van der Waals surface area contributed by atoms with Gasteiger partial charge >= 0.3 is 0 Å². The summed E-state index contributed by atoms with van der Waals surface area (Å²) in [6, 6.07) is 11.1. The largest absolute Gasteiger partial charge is 0.368 e. The van der Waals surface area contributed by atoms with E-state index in [9.17, 15) is 9.59 Å². The van der Waals surface area contributed by atoms with Gasteiger partial charge in [0.1, 0.15) is 6.04 Å². The van der Waals surface area contributed by atoms with Crippen LogP contribution in [0.5, 0.6) is 0 Å². The number of carbonyl (C=O) groups excluding carboxylic acids is 2. The Hall–Kier alpha value is -2.69. The molecule has 2 amide bonds. The van der Waals surface area contributed by atoms with Crippen molar-refractivity contribution >= 4 is 11.8 Å². The van der Waals surface area contributed by atoms with E-state index in [0.29, 0.717) is 25.8 Å². The predicted molar refractivity (Wildman–Crippen MR) is 86.2 cm³/mol. The zero-order valence-electron chi connectivity index (χ0n) is 12.8. The summed E-state index contributed by atoms with van der Waals surface area (Å²) < 4.78 is 0. The molecule has 2 aromatic rings. The van der Waals surface area contributed by atoms with Crippen LogP contribution in [0.1, 0.15) is 23.1 Å². The average molecular weight is 309 g/mol. The second-order valence-electron chi connectivity index (χ2n) is 5.77. The fourth-order valence-corrected chi connectivity index (χ4v) is 2.98. The summed E-state index contributed by atoms with van der Waals surface area (Å²) in [5, 5.41) is 0. The van der Waals surface area contributed by atoms with Crippen LogP contribution in [0.25, 0.3) is 0 Å². The van der Waals surface area contributed by atoms with Crippen LogP contribution < -0.4 is 5.73 Å². The molecule has 0 radical (unpaired) electrons. The Balaban J connectivity index is 1.74. The Morgan fingerprint density at radius 2 is 1.96 bits per heavy atom. The van der Waals surface area contributed by atoms with Gasteiger partial charge in [0.2, 0.25) is 11.8 Å². The molecular weight excluding hydrogens is 290 g/mol. The Bertz CT molecular complexity index is 715. The number of hydrogen-bond acceptors (Lipinski definition) is 3. The average Bonchev–Trinajstić information content (AvgIpc) is 2.59. The second-order valence-corrected chi connectivity index (χ2v) is 5.77. The molecule has 0 fully saturated rings. The number of fused-ring (bicyclic) bond motifs is 1. The molecule has 5 heteroatoms. The first-order valence-electron chi connectivity index (χ1n) is 7.69. The molecule has 23 heavy (non-hydrogen) atoms. The third-order valence-electron chi connectivity index (χ3n) is 4.25. The van der Waals surface area contributed by atoms with Crippen LogP contribution in [-0.2, 0) is 29.0 Å². The third kappa shape index (κ3) is 3.39. The fraction of sp³-hybridized carbons (Fsp3) is 0.278. The summed E-state index contributed by atoms with van der Waals surface area (Å²) in [4.78, 5) is 30.0. The lowest BCUT2D eigenvalue weighted by Gasteiger charge is -2.35. The minimum atomic E-state index is -0.564. The molecule has 1 atom stereocenters. The van der Waals surface area contributed by atoms with E-state index < -0.39 is 11.9 Å². The molecule has 1 unspecified atom stereocenters. The van der Waals surface area contributed by atoms with E-state index in [1.54, 1.807) is 17.3 Å². The third-order valence-corrected chi connectivity index (χ3v) is 4.25. The second kappa shape index (κ2) is 6.60. The Labute approximate surface area is 135 Å². The number of pyridine rings is 1. The van der Waals surface area contributed by atoms with Crippen molar-refractivity contribution in [3.63, 3.8) is 0 Å². The standard InChI is InChI=1S/C18H19N3O2/c19-18(23)16-10-14-5-1-2-6-15(14)12-21(16)17(22)8-7-13-4-3-9-20-11-13/h1-6,9,11,16H,7-8,10,12H2,(H2,19,23). The SMILES string of the molecule is NC(=O)C1Cc2ccccc2CN1C(=O)CCc1cccnc1. The molecule has 0 saturated carbocycles. The summed E-state index contributed by atoms with van der Waals surface area (Å²) in [5.41, 5.74) is 8.70. The van der Waals surface area contributed by atoms with Crippen molar-refractivity contribution in [1.29, 1.82) is 0 Å². The van der Waals surface area contributed by atoms with Crippen LogP contribution >= 0.6 is 0 Å². The van der Waals surface area contributed by atoms with Crippen molar-refractivity contribution < 1.29 is 9.59 Å². The normalized spacial score (nSPS) is 16.7. The number of benzene rings is 1. The zero-order valence-corrected chi connectivity index (χ0v) is 12.8. The molecule has 2 N–H and O–H groups in total. The van der Waals surface area contributed by atoms with Crippen molar-refractivity contribution in [1.82, 2.24) is 9.88 Å². The number of aryl methyl sites for hydroxylation is 1. The van der Waals surface area contributed by atoms with Gasteiger partial charge in [-0.15, -0.1) is 0 Å². The van der Waals surface area contributed by atoms with Gasteiger partial charge < -0.3 is 10.6 Å². The zero-order chi connectivity index (χ0) is 16.2. The summed E-state index contributed by atoms with van der Waals surface area (Å²) in [7, 11) is 0. The van der Waals surface area contributed by atoms with E-state index in [1.165, 1.54) is 0 Å². The molecule has 1 aliphatic heterocycles. The number of amides is 2. The molecule has 3 rings (SSSR count). The lowest BCUT2D eigenvalue weighted by atomic mass is 9.93. The smallest absolute Gasteiger partial charge is 0.240 e. The molecule has 5 nitrogen and oxygen atoms in total. The first kappa shape index (κ1) is 15.2. The number of nitrogens with two attached hydrogens (primary N) is 1. The first-order valence-corrected chi connectivity index (χ1v) is 7.69. The monoisotopic (exact) mass is 309 g/mol. The maximum absolute atomic E-state index is 12.6. The number of hydrogen-bond donors (Lipinski definition) is 1. The van der Waals surface area contributed by atoms with Crippen molar-refractivity contribution in [3.8, 4) is 0 Å². The van der Waals surface area contributed by atoms with Gasteiger partial charge in [0.25, 0.3) is 0 Å². The summed E-state index contributed by atoms with van der Waals surface area (Å²) in [5.74, 6) is -0.499. The molecule has 0 bridgehead atoms. The van der Waals surface area contributed by atoms with Gasteiger partial charge in [0.15, 0.2) is 0 Å². The van der Waals surface area contributed by atoms with E-state index >= 15 is 0 Å². The van der Waals surface area contributed by atoms with Crippen LogP contribution in [-0.4, -0.2) is 27.7 Å². The van der Waals surface area contributed by atoms with E-state index in [-0.39, 0.29) is 5.91 Å². The number of primary amides is 1. The van der Waals surface area contributed by atoms with E-state index in [0.717, 1.165) is 16.7 Å². The minimum absolute atomic E-state index is 0.0489. The molecule has 1 aromatic heterocycles. The Kier molecular flexibility index (Phi) is 4.37. The number of rotatable bonds is 4. The summed E-state index contributed by atoms with van der Waals surface area (Å²) in [6.07, 6.45) is 4.90. The van der Waals surface area contributed by atoms with Gasteiger partial charge in [0.05, 0.1) is 0 Å². The quantitative estimate of drug-likeness (QED) is 0.929. The maximum atomic E-state index is 12.6. The molecule has 0 spiro atoms. The molecule has 1 aliphatic rings. The lowest BCUT2D eigenvalue weighted by molar-refractivity contribution is -0.140.